The molecule has 1 fully saturated rings. The zero-order valence-electron chi connectivity index (χ0n) is 16.0. The van der Waals surface area contributed by atoms with E-state index < -0.39 is 0 Å². The number of hydrogen-bond acceptors (Lipinski definition) is 4. The molecule has 29 heavy (non-hydrogen) atoms. The fourth-order valence-electron chi connectivity index (χ4n) is 3.56. The molecule has 148 valence electrons. The molecule has 1 N–H and O–H groups in total. The van der Waals surface area contributed by atoms with E-state index in [1.807, 2.05) is 24.3 Å². The minimum atomic E-state index is -0.189. The second kappa shape index (κ2) is 8.26. The number of nitrogens with one attached hydrogen (secondary N) is 1. The highest BCUT2D eigenvalue weighted by molar-refractivity contribution is 5.94. The summed E-state index contributed by atoms with van der Waals surface area (Å²) in [5.74, 6) is 0.517. The van der Waals surface area contributed by atoms with Crippen molar-refractivity contribution in [3.05, 3.63) is 76.3 Å². The number of aromatic nitrogens is 2. The number of fused-ring (bicyclic) bond motifs is 1. The Hall–Kier alpha value is -3.48. The van der Waals surface area contributed by atoms with Crippen molar-refractivity contribution < 1.29 is 9.59 Å². The highest BCUT2D eigenvalue weighted by Gasteiger charge is 2.24. The highest BCUT2D eigenvalue weighted by atomic mass is 16.2. The van der Waals surface area contributed by atoms with E-state index in [2.05, 4.69) is 9.97 Å². The molecule has 2 heterocycles. The lowest BCUT2D eigenvalue weighted by molar-refractivity contribution is -0.132. The van der Waals surface area contributed by atoms with Crippen LogP contribution in [0.15, 0.2) is 59.4 Å². The van der Waals surface area contributed by atoms with E-state index in [-0.39, 0.29) is 23.8 Å². The number of carbonyl (C=O) groups excluding carboxylic acids is 2. The number of hydrogen-bond donors (Lipinski definition) is 1. The Bertz CT molecular complexity index is 1090. The topological polar surface area (TPSA) is 86.4 Å². The Kier molecular flexibility index (Phi) is 5.37. The first kappa shape index (κ1) is 18.9. The van der Waals surface area contributed by atoms with E-state index in [1.54, 1.807) is 40.1 Å². The van der Waals surface area contributed by atoms with Crippen LogP contribution in [0.4, 0.5) is 0 Å². The summed E-state index contributed by atoms with van der Waals surface area (Å²) >= 11 is 0. The van der Waals surface area contributed by atoms with Gasteiger partial charge in [-0.15, -0.1) is 0 Å². The molecule has 1 aliphatic rings. The maximum absolute atomic E-state index is 12.6. The number of aryl methyl sites for hydroxylation is 1. The van der Waals surface area contributed by atoms with Crippen molar-refractivity contribution in [3.8, 4) is 0 Å². The van der Waals surface area contributed by atoms with Gasteiger partial charge in [-0.1, -0.05) is 30.3 Å². The number of para-hydroxylation sites is 1. The Labute approximate surface area is 168 Å². The number of benzene rings is 2. The van der Waals surface area contributed by atoms with Crippen LogP contribution < -0.4 is 5.56 Å². The standard InChI is InChI=1S/C22H22N4O3/c27-20(11-10-19-23-18-9-5-4-8-17(18)21(28)24-19)25-12-14-26(15-13-25)22(29)16-6-2-1-3-7-16/h1-9H,10-15H2,(H,23,24,28). The van der Waals surface area contributed by atoms with Crippen LogP contribution in [-0.2, 0) is 11.2 Å². The molecule has 1 saturated heterocycles. The average molecular weight is 390 g/mol. The van der Waals surface area contributed by atoms with Crippen LogP contribution in [-0.4, -0.2) is 57.8 Å². The summed E-state index contributed by atoms with van der Waals surface area (Å²) in [6.07, 6.45) is 0.649. The molecule has 4 rings (SSSR count). The number of aromatic amines is 1. The molecule has 1 aliphatic heterocycles. The van der Waals surface area contributed by atoms with Crippen LogP contribution in [0.2, 0.25) is 0 Å². The Morgan fingerprint density at radius 3 is 2.31 bits per heavy atom. The first-order valence-corrected chi connectivity index (χ1v) is 9.72. The van der Waals surface area contributed by atoms with Gasteiger partial charge in [-0.05, 0) is 24.3 Å². The summed E-state index contributed by atoms with van der Waals surface area (Å²) in [7, 11) is 0. The monoisotopic (exact) mass is 390 g/mol. The lowest BCUT2D eigenvalue weighted by Crippen LogP contribution is -2.50. The van der Waals surface area contributed by atoms with E-state index >= 15 is 0 Å². The lowest BCUT2D eigenvalue weighted by Gasteiger charge is -2.35. The first-order valence-electron chi connectivity index (χ1n) is 9.72. The number of piperazine rings is 1. The fourth-order valence-corrected chi connectivity index (χ4v) is 3.56. The Morgan fingerprint density at radius 1 is 0.897 bits per heavy atom. The molecule has 0 bridgehead atoms. The summed E-state index contributed by atoms with van der Waals surface area (Å²) in [5.41, 5.74) is 1.11. The number of amides is 2. The Balaban J connectivity index is 1.32. The van der Waals surface area contributed by atoms with Gasteiger partial charge < -0.3 is 14.8 Å². The van der Waals surface area contributed by atoms with Gasteiger partial charge in [0.2, 0.25) is 5.91 Å². The number of carbonyl (C=O) groups is 2. The van der Waals surface area contributed by atoms with Gasteiger partial charge in [0.25, 0.3) is 11.5 Å². The lowest BCUT2D eigenvalue weighted by atomic mass is 10.1. The summed E-state index contributed by atoms with van der Waals surface area (Å²) in [6.45, 7) is 2.06. The second-order valence-corrected chi connectivity index (χ2v) is 7.07. The molecule has 1 aromatic heterocycles. The van der Waals surface area contributed by atoms with Crippen molar-refractivity contribution >= 4 is 22.7 Å². The molecule has 7 heteroatoms. The molecule has 0 radical (unpaired) electrons. The molecule has 0 unspecified atom stereocenters. The Morgan fingerprint density at radius 2 is 1.55 bits per heavy atom. The van der Waals surface area contributed by atoms with Gasteiger partial charge in [-0.3, -0.25) is 14.4 Å². The van der Waals surface area contributed by atoms with Crippen LogP contribution in [0.3, 0.4) is 0 Å². The van der Waals surface area contributed by atoms with Crippen LogP contribution in [0, 0.1) is 0 Å². The van der Waals surface area contributed by atoms with Crippen LogP contribution in [0.1, 0.15) is 22.6 Å². The summed E-state index contributed by atoms with van der Waals surface area (Å²) < 4.78 is 0. The van der Waals surface area contributed by atoms with Crippen molar-refractivity contribution in [2.24, 2.45) is 0 Å². The summed E-state index contributed by atoms with van der Waals surface area (Å²) in [5, 5.41) is 0.543. The van der Waals surface area contributed by atoms with Crippen molar-refractivity contribution in [1.82, 2.24) is 19.8 Å². The van der Waals surface area contributed by atoms with Crippen molar-refractivity contribution in [1.29, 1.82) is 0 Å². The highest BCUT2D eigenvalue weighted by Crippen LogP contribution is 2.11. The van der Waals surface area contributed by atoms with Gasteiger partial charge >= 0.3 is 0 Å². The van der Waals surface area contributed by atoms with Crippen LogP contribution in [0.25, 0.3) is 10.9 Å². The normalized spacial score (nSPS) is 14.2. The smallest absolute Gasteiger partial charge is 0.258 e. The van der Waals surface area contributed by atoms with E-state index in [9.17, 15) is 14.4 Å². The predicted molar refractivity (Wildman–Crippen MR) is 110 cm³/mol. The van der Waals surface area contributed by atoms with Gasteiger partial charge in [0.05, 0.1) is 10.9 Å². The van der Waals surface area contributed by atoms with E-state index in [0.717, 1.165) is 0 Å². The zero-order valence-corrected chi connectivity index (χ0v) is 16.0. The zero-order chi connectivity index (χ0) is 20.2. The largest absolute Gasteiger partial charge is 0.339 e. The second-order valence-electron chi connectivity index (χ2n) is 7.07. The molecular formula is C22H22N4O3. The maximum Gasteiger partial charge on any atom is 0.258 e. The molecule has 7 nitrogen and oxygen atoms in total. The molecule has 0 saturated carbocycles. The van der Waals surface area contributed by atoms with Gasteiger partial charge in [0.1, 0.15) is 5.82 Å². The predicted octanol–water partition coefficient (Wildman–Crippen LogP) is 1.84. The van der Waals surface area contributed by atoms with E-state index in [1.165, 1.54) is 0 Å². The number of H-pyrrole nitrogens is 1. The van der Waals surface area contributed by atoms with E-state index in [4.69, 9.17) is 0 Å². The molecule has 0 aliphatic carbocycles. The molecule has 3 aromatic rings. The third-order valence-corrected chi connectivity index (χ3v) is 5.18. The van der Waals surface area contributed by atoms with Crippen molar-refractivity contribution in [3.63, 3.8) is 0 Å². The minimum Gasteiger partial charge on any atom is -0.339 e. The van der Waals surface area contributed by atoms with Crippen molar-refractivity contribution in [2.45, 2.75) is 12.8 Å². The van der Waals surface area contributed by atoms with Crippen LogP contribution >= 0.6 is 0 Å². The molecule has 2 aromatic carbocycles. The number of rotatable bonds is 4. The average Bonchev–Trinajstić information content (AvgIpc) is 2.78. The minimum absolute atomic E-state index is 0.00404. The maximum atomic E-state index is 12.6. The van der Waals surface area contributed by atoms with Gasteiger partial charge in [0.15, 0.2) is 0 Å². The molecule has 0 atom stereocenters. The third-order valence-electron chi connectivity index (χ3n) is 5.18. The van der Waals surface area contributed by atoms with Crippen molar-refractivity contribution in [2.75, 3.05) is 26.2 Å². The molecule has 2 amide bonds. The summed E-state index contributed by atoms with van der Waals surface area (Å²) in [4.78, 5) is 48.0. The first-order chi connectivity index (χ1) is 14.1. The van der Waals surface area contributed by atoms with Gasteiger partial charge in [-0.25, -0.2) is 4.98 Å². The van der Waals surface area contributed by atoms with Gasteiger partial charge in [-0.2, -0.15) is 0 Å². The molecular weight excluding hydrogens is 368 g/mol. The fraction of sp³-hybridized carbons (Fsp3) is 0.273. The SMILES string of the molecule is O=C(CCc1nc2ccccc2c(=O)[nH]1)N1CCN(C(=O)c2ccccc2)CC1. The summed E-state index contributed by atoms with van der Waals surface area (Å²) in [6, 6.07) is 16.3. The van der Waals surface area contributed by atoms with E-state index in [0.29, 0.717) is 54.9 Å². The quantitative estimate of drug-likeness (QED) is 0.737. The molecule has 0 spiro atoms. The third kappa shape index (κ3) is 4.18. The van der Waals surface area contributed by atoms with Gasteiger partial charge in [0, 0.05) is 44.6 Å². The number of nitrogens with zero attached hydrogens (tertiary/aromatic N) is 3. The van der Waals surface area contributed by atoms with Crippen LogP contribution in [0.5, 0.6) is 0 Å².